The van der Waals surface area contributed by atoms with Gasteiger partial charge in [-0.25, -0.2) is 0 Å². The summed E-state index contributed by atoms with van der Waals surface area (Å²) in [4.78, 5) is 25.8. The molecule has 0 aliphatic heterocycles. The third-order valence-electron chi connectivity index (χ3n) is 3.94. The van der Waals surface area contributed by atoms with Gasteiger partial charge in [0.05, 0.1) is 13.7 Å². The van der Waals surface area contributed by atoms with Crippen molar-refractivity contribution in [1.82, 2.24) is 4.90 Å². The van der Waals surface area contributed by atoms with Crippen molar-refractivity contribution in [3.05, 3.63) is 52.0 Å². The number of benzene rings is 2. The zero-order valence-corrected chi connectivity index (χ0v) is 17.4. The number of halogens is 1. The number of hydrogen-bond donors (Lipinski definition) is 1. The standard InChI is InChI=1S/C20H23BrN2O4/c1-13-5-8-17(18(9-13)26-4)27-12-20(25)23(3)11-19(24)22-16-7-6-15(21)10-14(16)2/h5-10H,11-12H2,1-4H3,(H,22,24). The molecule has 0 radical (unpaired) electrons. The Hall–Kier alpha value is -2.54. The fourth-order valence-corrected chi connectivity index (χ4v) is 2.88. The summed E-state index contributed by atoms with van der Waals surface area (Å²) in [5.41, 5.74) is 2.67. The van der Waals surface area contributed by atoms with Crippen molar-refractivity contribution in [3.8, 4) is 11.5 Å². The van der Waals surface area contributed by atoms with Gasteiger partial charge in [0.2, 0.25) is 5.91 Å². The first kappa shape index (κ1) is 20.8. The molecule has 0 aliphatic carbocycles. The van der Waals surface area contributed by atoms with Crippen LogP contribution in [0.1, 0.15) is 11.1 Å². The van der Waals surface area contributed by atoms with Crippen molar-refractivity contribution >= 4 is 33.4 Å². The Morgan fingerprint density at radius 2 is 1.85 bits per heavy atom. The molecule has 2 amide bonds. The average Bonchev–Trinajstić information content (AvgIpc) is 2.62. The van der Waals surface area contributed by atoms with Gasteiger partial charge < -0.3 is 19.7 Å². The molecular formula is C20H23BrN2O4. The zero-order chi connectivity index (χ0) is 20.0. The molecule has 0 unspecified atom stereocenters. The molecule has 0 spiro atoms. The Morgan fingerprint density at radius 3 is 2.52 bits per heavy atom. The number of ether oxygens (including phenoxy) is 2. The van der Waals surface area contributed by atoms with Crippen molar-refractivity contribution < 1.29 is 19.1 Å². The van der Waals surface area contributed by atoms with Gasteiger partial charge in [0.1, 0.15) is 0 Å². The minimum atomic E-state index is -0.305. The van der Waals surface area contributed by atoms with Gasteiger partial charge in [-0.05, 0) is 55.3 Å². The van der Waals surface area contributed by atoms with Gasteiger partial charge in [0, 0.05) is 17.2 Å². The highest BCUT2D eigenvalue weighted by atomic mass is 79.9. The molecule has 0 atom stereocenters. The highest BCUT2D eigenvalue weighted by Crippen LogP contribution is 2.27. The smallest absolute Gasteiger partial charge is 0.260 e. The van der Waals surface area contributed by atoms with E-state index in [0.717, 1.165) is 15.6 Å². The van der Waals surface area contributed by atoms with Crippen molar-refractivity contribution in [3.63, 3.8) is 0 Å². The number of nitrogens with one attached hydrogen (secondary N) is 1. The number of aryl methyl sites for hydroxylation is 2. The number of amides is 2. The van der Waals surface area contributed by atoms with Gasteiger partial charge in [0.25, 0.3) is 5.91 Å². The molecule has 2 rings (SSSR count). The van der Waals surface area contributed by atoms with E-state index in [2.05, 4.69) is 21.2 Å². The molecule has 2 aromatic rings. The first-order valence-electron chi connectivity index (χ1n) is 8.37. The third-order valence-corrected chi connectivity index (χ3v) is 4.43. The van der Waals surface area contributed by atoms with Crippen molar-refractivity contribution in [2.75, 3.05) is 32.6 Å². The predicted octanol–water partition coefficient (Wildman–Crippen LogP) is 3.55. The highest BCUT2D eigenvalue weighted by Gasteiger charge is 2.15. The van der Waals surface area contributed by atoms with Crippen molar-refractivity contribution in [2.45, 2.75) is 13.8 Å². The van der Waals surface area contributed by atoms with Gasteiger partial charge in [-0.2, -0.15) is 0 Å². The summed E-state index contributed by atoms with van der Waals surface area (Å²) in [6, 6.07) is 11.0. The topological polar surface area (TPSA) is 67.9 Å². The van der Waals surface area contributed by atoms with Crippen LogP contribution >= 0.6 is 15.9 Å². The Morgan fingerprint density at radius 1 is 1.11 bits per heavy atom. The normalized spacial score (nSPS) is 10.3. The summed E-state index contributed by atoms with van der Waals surface area (Å²) >= 11 is 3.38. The number of likely N-dealkylation sites (N-methyl/N-ethyl adjacent to an activating group) is 1. The van der Waals surface area contributed by atoms with Gasteiger partial charge in [-0.3, -0.25) is 9.59 Å². The largest absolute Gasteiger partial charge is 0.493 e. The number of carbonyl (C=O) groups excluding carboxylic acids is 2. The maximum absolute atomic E-state index is 12.3. The second-order valence-corrected chi connectivity index (χ2v) is 7.12. The molecule has 27 heavy (non-hydrogen) atoms. The van der Waals surface area contributed by atoms with Crippen LogP contribution in [0.2, 0.25) is 0 Å². The van der Waals surface area contributed by atoms with Gasteiger partial charge in [0.15, 0.2) is 18.1 Å². The van der Waals surface area contributed by atoms with Crippen LogP contribution in [0.15, 0.2) is 40.9 Å². The van der Waals surface area contributed by atoms with Gasteiger partial charge >= 0.3 is 0 Å². The number of anilines is 1. The molecule has 1 N–H and O–H groups in total. The SMILES string of the molecule is COc1cc(C)ccc1OCC(=O)N(C)CC(=O)Nc1ccc(Br)cc1C. The van der Waals surface area contributed by atoms with Crippen LogP contribution < -0.4 is 14.8 Å². The second-order valence-electron chi connectivity index (χ2n) is 6.20. The summed E-state index contributed by atoms with van der Waals surface area (Å²) in [6.45, 7) is 3.60. The Labute approximate surface area is 167 Å². The molecule has 0 heterocycles. The lowest BCUT2D eigenvalue weighted by molar-refractivity contribution is -0.135. The molecule has 144 valence electrons. The number of rotatable bonds is 7. The summed E-state index contributed by atoms with van der Waals surface area (Å²) in [6.07, 6.45) is 0. The average molecular weight is 435 g/mol. The molecule has 0 saturated carbocycles. The van der Waals surface area contributed by atoms with Crippen LogP contribution in [-0.2, 0) is 9.59 Å². The maximum Gasteiger partial charge on any atom is 0.260 e. The van der Waals surface area contributed by atoms with E-state index in [4.69, 9.17) is 9.47 Å². The summed E-state index contributed by atoms with van der Waals surface area (Å²) < 4.78 is 11.7. The van der Waals surface area contributed by atoms with E-state index in [1.807, 2.05) is 44.2 Å². The van der Waals surface area contributed by atoms with Crippen LogP contribution in [0.5, 0.6) is 11.5 Å². The van der Waals surface area contributed by atoms with Crippen LogP contribution in [-0.4, -0.2) is 44.0 Å². The van der Waals surface area contributed by atoms with Crippen LogP contribution in [0.3, 0.4) is 0 Å². The quantitative estimate of drug-likeness (QED) is 0.723. The molecule has 2 aromatic carbocycles. The van der Waals surface area contributed by atoms with Crippen LogP contribution in [0.4, 0.5) is 5.69 Å². The minimum Gasteiger partial charge on any atom is -0.493 e. The fourth-order valence-electron chi connectivity index (χ4n) is 2.40. The van der Waals surface area contributed by atoms with Crippen LogP contribution in [0, 0.1) is 13.8 Å². The van der Waals surface area contributed by atoms with Crippen molar-refractivity contribution in [1.29, 1.82) is 0 Å². The number of carbonyl (C=O) groups is 2. The van der Waals surface area contributed by atoms with Crippen molar-refractivity contribution in [2.24, 2.45) is 0 Å². The number of methoxy groups -OCH3 is 1. The lowest BCUT2D eigenvalue weighted by atomic mass is 10.2. The molecular weight excluding hydrogens is 412 g/mol. The van der Waals surface area contributed by atoms with E-state index in [9.17, 15) is 9.59 Å². The summed E-state index contributed by atoms with van der Waals surface area (Å²) in [5.74, 6) is 0.471. The number of hydrogen-bond acceptors (Lipinski definition) is 4. The molecule has 0 aliphatic rings. The van der Waals surface area contributed by atoms with Crippen LogP contribution in [0.25, 0.3) is 0 Å². The van der Waals surface area contributed by atoms with Gasteiger partial charge in [-0.1, -0.05) is 22.0 Å². The van der Waals surface area contributed by atoms with Gasteiger partial charge in [-0.15, -0.1) is 0 Å². The monoisotopic (exact) mass is 434 g/mol. The van der Waals surface area contributed by atoms with E-state index in [1.54, 1.807) is 20.2 Å². The zero-order valence-electron chi connectivity index (χ0n) is 15.8. The molecule has 0 saturated heterocycles. The minimum absolute atomic E-state index is 0.0667. The van der Waals surface area contributed by atoms with E-state index in [0.29, 0.717) is 17.2 Å². The van der Waals surface area contributed by atoms with E-state index in [1.165, 1.54) is 4.90 Å². The first-order chi connectivity index (χ1) is 12.8. The Balaban J connectivity index is 1.88. The predicted molar refractivity (Wildman–Crippen MR) is 108 cm³/mol. The lowest BCUT2D eigenvalue weighted by Gasteiger charge is -2.18. The summed E-state index contributed by atoms with van der Waals surface area (Å²) in [7, 11) is 3.11. The lowest BCUT2D eigenvalue weighted by Crippen LogP contribution is -2.37. The van der Waals surface area contributed by atoms with E-state index >= 15 is 0 Å². The van der Waals surface area contributed by atoms with E-state index < -0.39 is 0 Å². The third kappa shape index (κ3) is 5.99. The Bertz CT molecular complexity index is 839. The molecule has 0 fully saturated rings. The molecule has 7 heteroatoms. The molecule has 6 nitrogen and oxygen atoms in total. The Kier molecular flexibility index (Phi) is 7.24. The summed E-state index contributed by atoms with van der Waals surface area (Å²) in [5, 5.41) is 2.81. The number of nitrogens with zero attached hydrogens (tertiary/aromatic N) is 1. The maximum atomic E-state index is 12.3. The van der Waals surface area contributed by atoms with E-state index in [-0.39, 0.29) is 25.0 Å². The highest BCUT2D eigenvalue weighted by molar-refractivity contribution is 9.10. The molecule has 0 bridgehead atoms. The first-order valence-corrected chi connectivity index (χ1v) is 9.17. The fraction of sp³-hybridized carbons (Fsp3) is 0.300. The molecule has 0 aromatic heterocycles. The second kappa shape index (κ2) is 9.41.